The number of nitrogens with one attached hydrogen (secondary N) is 1. The molecule has 0 spiro atoms. The van der Waals surface area contributed by atoms with Crippen molar-refractivity contribution in [3.63, 3.8) is 0 Å². The minimum atomic E-state index is -0.814. The lowest BCUT2D eigenvalue weighted by Crippen LogP contribution is -2.32. The van der Waals surface area contributed by atoms with Crippen LogP contribution in [0.15, 0.2) is 18.2 Å². The Hall–Kier alpha value is -2.04. The Morgan fingerprint density at radius 3 is 2.62 bits per heavy atom. The molecular formula is C16H23NO4. The first-order chi connectivity index (χ1) is 9.88. The molecule has 0 aliphatic carbocycles. The quantitative estimate of drug-likeness (QED) is 0.771. The molecule has 1 atom stereocenters. The molecule has 1 aromatic rings. The maximum absolute atomic E-state index is 11.7. The van der Waals surface area contributed by atoms with Crippen LogP contribution in [0.1, 0.15) is 30.9 Å². The number of ether oxygens (including phenoxy) is 1. The summed E-state index contributed by atoms with van der Waals surface area (Å²) in [5.74, 6) is -0.208. The Morgan fingerprint density at radius 1 is 1.29 bits per heavy atom. The molecular weight excluding hydrogens is 270 g/mol. The van der Waals surface area contributed by atoms with Crippen molar-refractivity contribution in [2.75, 3.05) is 13.2 Å². The van der Waals surface area contributed by atoms with Gasteiger partial charge in [-0.15, -0.1) is 0 Å². The van der Waals surface area contributed by atoms with Crippen LogP contribution in [0, 0.1) is 19.8 Å². The summed E-state index contributed by atoms with van der Waals surface area (Å²) in [6.07, 6.45) is 0.670. The number of hydrogen-bond donors (Lipinski definition) is 2. The van der Waals surface area contributed by atoms with Crippen LogP contribution < -0.4 is 10.1 Å². The van der Waals surface area contributed by atoms with Gasteiger partial charge in [0.2, 0.25) is 0 Å². The molecule has 0 aliphatic heterocycles. The summed E-state index contributed by atoms with van der Waals surface area (Å²) >= 11 is 0. The number of amides is 1. The van der Waals surface area contributed by atoms with Crippen LogP contribution >= 0.6 is 0 Å². The average Bonchev–Trinajstić information content (AvgIpc) is 2.44. The molecule has 1 aromatic carbocycles. The van der Waals surface area contributed by atoms with Crippen LogP contribution in [0.2, 0.25) is 0 Å². The number of benzene rings is 1. The van der Waals surface area contributed by atoms with Crippen LogP contribution in [0.3, 0.4) is 0 Å². The molecule has 0 bridgehead atoms. The maximum atomic E-state index is 11.7. The lowest BCUT2D eigenvalue weighted by molar-refractivity contribution is -0.137. The summed E-state index contributed by atoms with van der Waals surface area (Å²) in [5, 5.41) is 11.3. The van der Waals surface area contributed by atoms with Gasteiger partial charge in [0.15, 0.2) is 6.61 Å². The first kappa shape index (κ1) is 17.0. The van der Waals surface area contributed by atoms with Crippen LogP contribution in [0.5, 0.6) is 5.75 Å². The highest BCUT2D eigenvalue weighted by Crippen LogP contribution is 2.16. The maximum Gasteiger partial charge on any atom is 0.303 e. The van der Waals surface area contributed by atoms with Gasteiger partial charge in [0.05, 0.1) is 0 Å². The minimum absolute atomic E-state index is 0.0336. The van der Waals surface area contributed by atoms with Crippen molar-refractivity contribution in [3.8, 4) is 5.75 Å². The Labute approximate surface area is 125 Å². The summed E-state index contributed by atoms with van der Waals surface area (Å²) in [4.78, 5) is 22.1. The van der Waals surface area contributed by atoms with Gasteiger partial charge in [-0.2, -0.15) is 0 Å². The molecule has 5 nitrogen and oxygen atoms in total. The number of aryl methyl sites for hydroxylation is 2. The zero-order valence-corrected chi connectivity index (χ0v) is 12.8. The monoisotopic (exact) mass is 293 g/mol. The fourth-order valence-corrected chi connectivity index (χ4v) is 1.76. The standard InChI is InChI=1S/C16H23NO4/c1-11(4-7-16(19)20)9-17-15(18)10-21-14-6-5-12(2)13(3)8-14/h5-6,8,11H,4,7,9-10H2,1-3H3,(H,17,18)(H,19,20). The number of carbonyl (C=O) groups is 2. The molecule has 0 saturated heterocycles. The number of hydrogen-bond acceptors (Lipinski definition) is 3. The molecule has 0 aliphatic rings. The lowest BCUT2D eigenvalue weighted by atomic mass is 10.1. The van der Waals surface area contributed by atoms with E-state index in [4.69, 9.17) is 9.84 Å². The first-order valence-corrected chi connectivity index (χ1v) is 7.07. The number of carbonyl (C=O) groups excluding carboxylic acids is 1. The number of aliphatic carboxylic acids is 1. The number of carboxylic acid groups (broad SMARTS) is 1. The highest BCUT2D eigenvalue weighted by molar-refractivity contribution is 5.77. The summed E-state index contributed by atoms with van der Waals surface area (Å²) < 4.78 is 5.43. The second kappa shape index (κ2) is 8.29. The SMILES string of the molecule is Cc1ccc(OCC(=O)NCC(C)CCC(=O)O)cc1C. The van der Waals surface area contributed by atoms with Gasteiger partial charge in [-0.05, 0) is 49.4 Å². The zero-order valence-electron chi connectivity index (χ0n) is 12.8. The van der Waals surface area contributed by atoms with Gasteiger partial charge < -0.3 is 15.2 Å². The molecule has 2 N–H and O–H groups in total. The van der Waals surface area contributed by atoms with Crippen molar-refractivity contribution in [2.45, 2.75) is 33.6 Å². The summed E-state index contributed by atoms with van der Waals surface area (Å²) in [7, 11) is 0. The predicted octanol–water partition coefficient (Wildman–Crippen LogP) is 2.30. The third-order valence-electron chi connectivity index (χ3n) is 3.35. The van der Waals surface area contributed by atoms with E-state index < -0.39 is 5.97 Å². The molecule has 1 rings (SSSR count). The van der Waals surface area contributed by atoms with Crippen LogP contribution in [0.25, 0.3) is 0 Å². The largest absolute Gasteiger partial charge is 0.484 e. The van der Waals surface area contributed by atoms with Gasteiger partial charge in [0.1, 0.15) is 5.75 Å². The molecule has 0 aromatic heterocycles. The molecule has 0 heterocycles. The first-order valence-electron chi connectivity index (χ1n) is 7.07. The normalized spacial score (nSPS) is 11.8. The minimum Gasteiger partial charge on any atom is -0.484 e. The second-order valence-electron chi connectivity index (χ2n) is 5.38. The van der Waals surface area contributed by atoms with Crippen LogP contribution in [0.4, 0.5) is 0 Å². The van der Waals surface area contributed by atoms with Crippen LogP contribution in [-0.2, 0) is 9.59 Å². The predicted molar refractivity (Wildman–Crippen MR) is 80.5 cm³/mol. The van der Waals surface area contributed by atoms with Crippen LogP contribution in [-0.4, -0.2) is 30.1 Å². The molecule has 0 radical (unpaired) electrons. The Bertz CT molecular complexity index is 499. The summed E-state index contributed by atoms with van der Waals surface area (Å²) in [6, 6.07) is 5.69. The third kappa shape index (κ3) is 6.79. The zero-order chi connectivity index (χ0) is 15.8. The highest BCUT2D eigenvalue weighted by atomic mass is 16.5. The Balaban J connectivity index is 2.27. The molecule has 0 fully saturated rings. The average molecular weight is 293 g/mol. The van der Waals surface area contributed by atoms with E-state index >= 15 is 0 Å². The fourth-order valence-electron chi connectivity index (χ4n) is 1.76. The molecule has 0 saturated carbocycles. The number of carboxylic acids is 1. The van der Waals surface area contributed by atoms with Crippen molar-refractivity contribution in [1.29, 1.82) is 0 Å². The smallest absolute Gasteiger partial charge is 0.303 e. The van der Waals surface area contributed by atoms with Gasteiger partial charge in [-0.3, -0.25) is 9.59 Å². The van der Waals surface area contributed by atoms with Crippen molar-refractivity contribution in [1.82, 2.24) is 5.32 Å². The van der Waals surface area contributed by atoms with Gasteiger partial charge in [0.25, 0.3) is 5.91 Å². The molecule has 1 unspecified atom stereocenters. The van der Waals surface area contributed by atoms with E-state index in [2.05, 4.69) is 5.32 Å². The fraction of sp³-hybridized carbons (Fsp3) is 0.500. The van der Waals surface area contributed by atoms with Crippen molar-refractivity contribution >= 4 is 11.9 Å². The van der Waals surface area contributed by atoms with E-state index in [1.54, 1.807) is 0 Å². The van der Waals surface area contributed by atoms with E-state index in [-0.39, 0.29) is 24.9 Å². The molecule has 21 heavy (non-hydrogen) atoms. The topological polar surface area (TPSA) is 75.6 Å². The molecule has 1 amide bonds. The Morgan fingerprint density at radius 2 is 2.00 bits per heavy atom. The van der Waals surface area contributed by atoms with E-state index in [1.165, 1.54) is 5.56 Å². The highest BCUT2D eigenvalue weighted by Gasteiger charge is 2.08. The summed E-state index contributed by atoms with van der Waals surface area (Å²) in [6.45, 7) is 6.35. The van der Waals surface area contributed by atoms with Crippen molar-refractivity contribution < 1.29 is 19.4 Å². The van der Waals surface area contributed by atoms with Gasteiger partial charge >= 0.3 is 5.97 Å². The second-order valence-corrected chi connectivity index (χ2v) is 5.38. The van der Waals surface area contributed by atoms with E-state index in [0.29, 0.717) is 18.7 Å². The third-order valence-corrected chi connectivity index (χ3v) is 3.35. The molecule has 116 valence electrons. The van der Waals surface area contributed by atoms with E-state index in [0.717, 1.165) is 5.56 Å². The van der Waals surface area contributed by atoms with Gasteiger partial charge in [0, 0.05) is 13.0 Å². The summed E-state index contributed by atoms with van der Waals surface area (Å²) in [5.41, 5.74) is 2.30. The van der Waals surface area contributed by atoms with Crippen molar-refractivity contribution in [2.24, 2.45) is 5.92 Å². The van der Waals surface area contributed by atoms with Gasteiger partial charge in [-0.1, -0.05) is 13.0 Å². The van der Waals surface area contributed by atoms with E-state index in [1.807, 2.05) is 39.0 Å². The lowest BCUT2D eigenvalue weighted by Gasteiger charge is -2.12. The number of rotatable bonds is 8. The molecule has 5 heteroatoms. The van der Waals surface area contributed by atoms with Crippen molar-refractivity contribution in [3.05, 3.63) is 29.3 Å². The van der Waals surface area contributed by atoms with E-state index in [9.17, 15) is 9.59 Å². The van der Waals surface area contributed by atoms with Gasteiger partial charge in [-0.25, -0.2) is 0 Å². The Kier molecular flexibility index (Phi) is 6.72.